The highest BCUT2D eigenvalue weighted by Gasteiger charge is 2.11. The van der Waals surface area contributed by atoms with Gasteiger partial charge in [0.15, 0.2) is 0 Å². The zero-order valence-electron chi connectivity index (χ0n) is 17.5. The highest BCUT2D eigenvalue weighted by molar-refractivity contribution is 4.76. The van der Waals surface area contributed by atoms with Gasteiger partial charge in [0.05, 0.1) is 0 Å². The molecule has 0 aliphatic carbocycles. The van der Waals surface area contributed by atoms with Gasteiger partial charge in [0, 0.05) is 12.2 Å². The van der Waals surface area contributed by atoms with E-state index >= 15 is 0 Å². The Balaban J connectivity index is 1.85. The first-order valence-electron chi connectivity index (χ1n) is 11.4. The van der Waals surface area contributed by atoms with Crippen molar-refractivity contribution in [3.63, 3.8) is 0 Å². The summed E-state index contributed by atoms with van der Waals surface area (Å²) >= 11 is 0. The predicted molar refractivity (Wildman–Crippen MR) is 112 cm³/mol. The Morgan fingerprint density at radius 1 is 0.769 bits per heavy atom. The van der Waals surface area contributed by atoms with Gasteiger partial charge in [0.1, 0.15) is 6.26 Å². The number of nitrogens with zero attached hydrogens (tertiary/aromatic N) is 1. The third kappa shape index (κ3) is 10.9. The van der Waals surface area contributed by atoms with Crippen molar-refractivity contribution in [3.8, 4) is 0 Å². The quantitative estimate of drug-likeness (QED) is 0.250. The molecule has 0 aromatic carbocycles. The summed E-state index contributed by atoms with van der Waals surface area (Å²) in [5, 5.41) is 0. The Morgan fingerprint density at radius 2 is 1.23 bits per heavy atom. The molecule has 1 unspecified atom stereocenters. The normalized spacial score (nSPS) is 12.5. The van der Waals surface area contributed by atoms with Crippen molar-refractivity contribution in [2.24, 2.45) is 0 Å². The number of hydrogen-bond donors (Lipinski definition) is 0. The minimum atomic E-state index is -0.210. The van der Waals surface area contributed by atoms with E-state index in [1.165, 1.54) is 103 Å². The lowest BCUT2D eigenvalue weighted by atomic mass is 10.0. The largest absolute Gasteiger partial charge is 0.419 e. The highest BCUT2D eigenvalue weighted by Crippen LogP contribution is 2.19. The van der Waals surface area contributed by atoms with Crippen molar-refractivity contribution in [3.05, 3.63) is 23.0 Å². The standard InChI is InChI=1S/C23H43NO2/c1-3-5-6-7-8-9-10-11-12-13-14-15-16-17-18-19-22(4-2)24-20-21-26-23(24)25/h20-22H,3-19H2,1-2H3. The maximum Gasteiger partial charge on any atom is 0.419 e. The summed E-state index contributed by atoms with van der Waals surface area (Å²) in [6.45, 7) is 4.43. The summed E-state index contributed by atoms with van der Waals surface area (Å²) in [6, 6.07) is 0.309. The molecule has 0 saturated carbocycles. The minimum Gasteiger partial charge on any atom is -0.416 e. The Hall–Kier alpha value is -0.990. The highest BCUT2D eigenvalue weighted by atomic mass is 16.4. The van der Waals surface area contributed by atoms with Crippen molar-refractivity contribution in [1.29, 1.82) is 0 Å². The molecule has 1 aromatic heterocycles. The Labute approximate surface area is 161 Å². The number of oxazole rings is 1. The molecule has 0 radical (unpaired) electrons. The van der Waals surface area contributed by atoms with Gasteiger partial charge in [0.25, 0.3) is 0 Å². The van der Waals surface area contributed by atoms with Crippen LogP contribution in [0.3, 0.4) is 0 Å². The molecule has 0 bridgehead atoms. The van der Waals surface area contributed by atoms with Crippen LogP contribution in [0.4, 0.5) is 0 Å². The molecule has 1 heterocycles. The van der Waals surface area contributed by atoms with Crippen LogP contribution in [0.25, 0.3) is 0 Å². The van der Waals surface area contributed by atoms with Crippen LogP contribution in [0, 0.1) is 0 Å². The second kappa shape index (κ2) is 16.2. The van der Waals surface area contributed by atoms with Crippen LogP contribution in [0.2, 0.25) is 0 Å². The fourth-order valence-electron chi connectivity index (χ4n) is 3.84. The fraction of sp³-hybridized carbons (Fsp3) is 0.870. The van der Waals surface area contributed by atoms with Crippen LogP contribution >= 0.6 is 0 Å². The van der Waals surface area contributed by atoms with E-state index in [0.29, 0.717) is 6.04 Å². The molecule has 0 saturated heterocycles. The van der Waals surface area contributed by atoms with Gasteiger partial charge >= 0.3 is 5.76 Å². The molecular weight excluding hydrogens is 322 g/mol. The molecule has 3 heteroatoms. The number of hydrogen-bond acceptors (Lipinski definition) is 2. The van der Waals surface area contributed by atoms with Crippen LogP contribution in [0.15, 0.2) is 21.7 Å². The molecule has 26 heavy (non-hydrogen) atoms. The zero-order chi connectivity index (χ0) is 18.9. The Morgan fingerprint density at radius 3 is 1.62 bits per heavy atom. The Kier molecular flexibility index (Phi) is 14.4. The van der Waals surface area contributed by atoms with Gasteiger partial charge in [-0.3, -0.25) is 4.57 Å². The van der Waals surface area contributed by atoms with Crippen molar-refractivity contribution in [1.82, 2.24) is 4.57 Å². The van der Waals surface area contributed by atoms with E-state index in [2.05, 4.69) is 13.8 Å². The van der Waals surface area contributed by atoms with Crippen molar-refractivity contribution >= 4 is 0 Å². The van der Waals surface area contributed by atoms with E-state index in [9.17, 15) is 4.79 Å². The molecule has 0 aliphatic heterocycles. The first kappa shape index (κ1) is 23.0. The van der Waals surface area contributed by atoms with Crippen molar-refractivity contribution in [2.75, 3.05) is 0 Å². The maximum atomic E-state index is 11.6. The fourth-order valence-corrected chi connectivity index (χ4v) is 3.84. The molecule has 1 aromatic rings. The molecule has 0 fully saturated rings. The lowest BCUT2D eigenvalue weighted by molar-refractivity contribution is 0.383. The molecular formula is C23H43NO2. The zero-order valence-corrected chi connectivity index (χ0v) is 17.5. The average Bonchev–Trinajstić information content (AvgIpc) is 3.07. The summed E-state index contributed by atoms with van der Waals surface area (Å²) in [7, 11) is 0. The van der Waals surface area contributed by atoms with Gasteiger partial charge < -0.3 is 4.42 Å². The van der Waals surface area contributed by atoms with Gasteiger partial charge in [-0.15, -0.1) is 0 Å². The van der Waals surface area contributed by atoms with Crippen LogP contribution in [-0.2, 0) is 0 Å². The second-order valence-corrected chi connectivity index (χ2v) is 7.88. The molecule has 0 N–H and O–H groups in total. The van der Waals surface area contributed by atoms with Gasteiger partial charge in [-0.1, -0.05) is 110 Å². The summed E-state index contributed by atoms with van der Waals surface area (Å²) < 4.78 is 6.64. The first-order chi connectivity index (χ1) is 12.8. The predicted octanol–water partition coefficient (Wildman–Crippen LogP) is 7.65. The van der Waals surface area contributed by atoms with Crippen molar-refractivity contribution < 1.29 is 4.42 Å². The van der Waals surface area contributed by atoms with Crippen molar-refractivity contribution in [2.45, 2.75) is 129 Å². The maximum absolute atomic E-state index is 11.6. The van der Waals surface area contributed by atoms with E-state index in [-0.39, 0.29) is 5.76 Å². The smallest absolute Gasteiger partial charge is 0.416 e. The summed E-state index contributed by atoms with van der Waals surface area (Å²) in [5.41, 5.74) is 0. The minimum absolute atomic E-state index is 0.210. The van der Waals surface area contributed by atoms with E-state index in [1.54, 1.807) is 10.8 Å². The molecule has 0 aliphatic rings. The van der Waals surface area contributed by atoms with Crippen LogP contribution in [0.5, 0.6) is 0 Å². The SMILES string of the molecule is CCCCCCCCCCCCCCCCCC(CC)n1ccoc1=O. The molecule has 1 rings (SSSR count). The van der Waals surface area contributed by atoms with Crippen LogP contribution in [-0.4, -0.2) is 4.57 Å². The van der Waals surface area contributed by atoms with Crippen LogP contribution < -0.4 is 5.76 Å². The molecule has 0 spiro atoms. The van der Waals surface area contributed by atoms with Crippen LogP contribution in [0.1, 0.15) is 129 Å². The van der Waals surface area contributed by atoms with E-state index in [4.69, 9.17) is 4.42 Å². The monoisotopic (exact) mass is 365 g/mol. The molecule has 1 atom stereocenters. The topological polar surface area (TPSA) is 35.1 Å². The van der Waals surface area contributed by atoms with E-state index in [1.807, 2.05) is 0 Å². The number of rotatable bonds is 18. The second-order valence-electron chi connectivity index (χ2n) is 7.88. The summed E-state index contributed by atoms with van der Waals surface area (Å²) in [4.78, 5) is 11.6. The van der Waals surface area contributed by atoms with Gasteiger partial charge in [-0.2, -0.15) is 0 Å². The van der Waals surface area contributed by atoms with Gasteiger partial charge in [-0.05, 0) is 12.8 Å². The van der Waals surface area contributed by atoms with E-state index in [0.717, 1.165) is 12.8 Å². The molecule has 152 valence electrons. The third-order valence-electron chi connectivity index (χ3n) is 5.61. The average molecular weight is 366 g/mol. The first-order valence-corrected chi connectivity index (χ1v) is 11.4. The lowest BCUT2D eigenvalue weighted by Gasteiger charge is -2.14. The van der Waals surface area contributed by atoms with E-state index < -0.39 is 0 Å². The molecule has 3 nitrogen and oxygen atoms in total. The summed E-state index contributed by atoms with van der Waals surface area (Å²) in [6.07, 6.45) is 26.3. The lowest BCUT2D eigenvalue weighted by Crippen LogP contribution is -2.19. The summed E-state index contributed by atoms with van der Waals surface area (Å²) in [5.74, 6) is -0.210. The number of unbranched alkanes of at least 4 members (excludes halogenated alkanes) is 14. The number of aromatic nitrogens is 1. The van der Waals surface area contributed by atoms with Gasteiger partial charge in [0.2, 0.25) is 0 Å². The third-order valence-corrected chi connectivity index (χ3v) is 5.61. The Bertz CT molecular complexity index is 463. The van der Waals surface area contributed by atoms with Gasteiger partial charge in [-0.25, -0.2) is 4.79 Å². The molecule has 0 amide bonds.